The highest BCUT2D eigenvalue weighted by molar-refractivity contribution is 5.81. The molecule has 0 heterocycles. The zero-order chi connectivity index (χ0) is 13.5. The van der Waals surface area contributed by atoms with Gasteiger partial charge in [-0.05, 0) is 38.5 Å². The van der Waals surface area contributed by atoms with Gasteiger partial charge in [0.05, 0.1) is 12.2 Å². The van der Waals surface area contributed by atoms with Gasteiger partial charge in [-0.15, -0.1) is 0 Å². The van der Waals surface area contributed by atoms with E-state index in [2.05, 4.69) is 0 Å². The number of rotatable bonds is 6. The molecule has 0 aromatic rings. The van der Waals surface area contributed by atoms with E-state index in [1.807, 2.05) is 0 Å². The molecule has 3 atom stereocenters. The Kier molecular flexibility index (Phi) is 6.32. The number of carbonyl (C=O) groups is 1. The van der Waals surface area contributed by atoms with Crippen molar-refractivity contribution in [2.75, 3.05) is 6.61 Å². The van der Waals surface area contributed by atoms with E-state index in [1.165, 1.54) is 12.8 Å². The lowest BCUT2D eigenvalue weighted by molar-refractivity contribution is -0.124. The van der Waals surface area contributed by atoms with Crippen LogP contribution in [0.25, 0.3) is 0 Å². The maximum Gasteiger partial charge on any atom is 0.135 e. The molecule has 0 amide bonds. The minimum Gasteiger partial charge on any atom is -0.390 e. The van der Waals surface area contributed by atoms with E-state index in [-0.39, 0.29) is 12.2 Å². The van der Waals surface area contributed by atoms with Gasteiger partial charge in [-0.25, -0.2) is 0 Å². The average molecular weight is 268 g/mol. The van der Waals surface area contributed by atoms with Crippen LogP contribution < -0.4 is 0 Å². The fraction of sp³-hybridized carbons (Fsp3) is 0.938. The van der Waals surface area contributed by atoms with Crippen LogP contribution in [0.3, 0.4) is 0 Å². The Morgan fingerprint density at radius 2 is 1.84 bits per heavy atom. The SMILES string of the molecule is O=C1CCCCC1CCCCO[C@@H]1CCCC[C@H]1O. The normalized spacial score (nSPS) is 32.5. The number of aliphatic hydroxyl groups excluding tert-OH is 1. The van der Waals surface area contributed by atoms with Crippen LogP contribution in [0.2, 0.25) is 0 Å². The summed E-state index contributed by atoms with van der Waals surface area (Å²) < 4.78 is 5.78. The molecule has 0 aromatic carbocycles. The molecule has 0 aromatic heterocycles. The number of Topliss-reactive ketones (excluding diaryl/α,β-unsaturated/α-hetero) is 1. The van der Waals surface area contributed by atoms with Crippen LogP contribution in [-0.4, -0.2) is 29.7 Å². The van der Waals surface area contributed by atoms with Crippen molar-refractivity contribution in [2.45, 2.75) is 82.8 Å². The lowest BCUT2D eigenvalue weighted by Crippen LogP contribution is -2.32. The molecular weight excluding hydrogens is 240 g/mol. The summed E-state index contributed by atoms with van der Waals surface area (Å²) >= 11 is 0. The summed E-state index contributed by atoms with van der Waals surface area (Å²) in [6.07, 6.45) is 11.4. The zero-order valence-electron chi connectivity index (χ0n) is 12.0. The summed E-state index contributed by atoms with van der Waals surface area (Å²) in [5, 5.41) is 9.79. The first-order chi connectivity index (χ1) is 9.27. The quantitative estimate of drug-likeness (QED) is 0.752. The van der Waals surface area contributed by atoms with Gasteiger partial charge in [-0.3, -0.25) is 4.79 Å². The van der Waals surface area contributed by atoms with E-state index in [9.17, 15) is 9.90 Å². The van der Waals surface area contributed by atoms with E-state index >= 15 is 0 Å². The molecule has 0 bridgehead atoms. The van der Waals surface area contributed by atoms with E-state index < -0.39 is 0 Å². The summed E-state index contributed by atoms with van der Waals surface area (Å²) in [5.41, 5.74) is 0. The monoisotopic (exact) mass is 268 g/mol. The molecular formula is C16H28O3. The summed E-state index contributed by atoms with van der Waals surface area (Å²) in [7, 11) is 0. The second-order valence-electron chi connectivity index (χ2n) is 6.17. The summed E-state index contributed by atoms with van der Waals surface area (Å²) in [4.78, 5) is 11.7. The van der Waals surface area contributed by atoms with Crippen molar-refractivity contribution in [3.8, 4) is 0 Å². The molecule has 2 fully saturated rings. The van der Waals surface area contributed by atoms with E-state index in [0.717, 1.165) is 64.4 Å². The summed E-state index contributed by atoms with van der Waals surface area (Å²) in [6, 6.07) is 0. The first-order valence-corrected chi connectivity index (χ1v) is 8.10. The Bertz CT molecular complexity index is 277. The van der Waals surface area contributed by atoms with Gasteiger partial charge in [0.1, 0.15) is 5.78 Å². The smallest absolute Gasteiger partial charge is 0.135 e. The summed E-state index contributed by atoms with van der Waals surface area (Å²) in [5.74, 6) is 0.809. The van der Waals surface area contributed by atoms with E-state index in [4.69, 9.17) is 4.74 Å². The van der Waals surface area contributed by atoms with Crippen LogP contribution in [0.5, 0.6) is 0 Å². The van der Waals surface area contributed by atoms with Crippen molar-refractivity contribution in [1.82, 2.24) is 0 Å². The molecule has 1 unspecified atom stereocenters. The second kappa shape index (κ2) is 8.01. The Balaban J connectivity index is 1.53. The van der Waals surface area contributed by atoms with Crippen LogP contribution in [0, 0.1) is 5.92 Å². The van der Waals surface area contributed by atoms with Crippen molar-refractivity contribution < 1.29 is 14.6 Å². The van der Waals surface area contributed by atoms with Gasteiger partial charge >= 0.3 is 0 Å². The van der Waals surface area contributed by atoms with Crippen molar-refractivity contribution in [3.05, 3.63) is 0 Å². The maximum atomic E-state index is 11.7. The van der Waals surface area contributed by atoms with Gasteiger partial charge in [0.15, 0.2) is 0 Å². The molecule has 0 spiro atoms. The Morgan fingerprint density at radius 3 is 2.63 bits per heavy atom. The van der Waals surface area contributed by atoms with Gasteiger partial charge in [0.25, 0.3) is 0 Å². The standard InChI is InChI=1S/C16H28O3/c17-14-9-2-1-7-13(14)8-5-6-12-19-16-11-4-3-10-15(16)18/h13,15-16,18H,1-12H2/t13?,15-,16-/m1/s1. The number of unbranched alkanes of at least 4 members (excludes halogenated alkanes) is 1. The van der Waals surface area contributed by atoms with Crippen LogP contribution in [-0.2, 0) is 9.53 Å². The van der Waals surface area contributed by atoms with E-state index in [0.29, 0.717) is 11.7 Å². The minimum absolute atomic E-state index is 0.0602. The number of hydrogen-bond acceptors (Lipinski definition) is 3. The van der Waals surface area contributed by atoms with Gasteiger partial charge in [0, 0.05) is 18.9 Å². The van der Waals surface area contributed by atoms with Crippen molar-refractivity contribution in [3.63, 3.8) is 0 Å². The molecule has 3 nitrogen and oxygen atoms in total. The highest BCUT2D eigenvalue weighted by Gasteiger charge is 2.24. The lowest BCUT2D eigenvalue weighted by Gasteiger charge is -2.27. The van der Waals surface area contributed by atoms with Gasteiger partial charge < -0.3 is 9.84 Å². The first kappa shape index (κ1) is 15.0. The zero-order valence-corrected chi connectivity index (χ0v) is 12.0. The van der Waals surface area contributed by atoms with Gasteiger partial charge in [0.2, 0.25) is 0 Å². The minimum atomic E-state index is -0.256. The predicted octanol–water partition coefficient (Wildman–Crippen LogP) is 3.24. The number of hydrogen-bond donors (Lipinski definition) is 1. The average Bonchev–Trinajstić information content (AvgIpc) is 2.42. The number of ether oxygens (including phenoxy) is 1. The van der Waals surface area contributed by atoms with Crippen LogP contribution in [0.4, 0.5) is 0 Å². The molecule has 110 valence electrons. The first-order valence-electron chi connectivity index (χ1n) is 8.10. The lowest BCUT2D eigenvalue weighted by atomic mass is 9.84. The van der Waals surface area contributed by atoms with Gasteiger partial charge in [-0.1, -0.05) is 25.7 Å². The molecule has 2 aliphatic carbocycles. The van der Waals surface area contributed by atoms with Crippen LogP contribution in [0.1, 0.15) is 70.6 Å². The molecule has 19 heavy (non-hydrogen) atoms. The largest absolute Gasteiger partial charge is 0.390 e. The Hall–Kier alpha value is -0.410. The fourth-order valence-corrected chi connectivity index (χ4v) is 3.36. The third-order valence-electron chi connectivity index (χ3n) is 4.63. The Labute approximate surface area is 116 Å². The molecule has 0 saturated heterocycles. The van der Waals surface area contributed by atoms with E-state index in [1.54, 1.807) is 0 Å². The maximum absolute atomic E-state index is 11.7. The Morgan fingerprint density at radius 1 is 1.05 bits per heavy atom. The van der Waals surface area contributed by atoms with Crippen LogP contribution >= 0.6 is 0 Å². The van der Waals surface area contributed by atoms with Crippen LogP contribution in [0.15, 0.2) is 0 Å². The number of ketones is 1. The fourth-order valence-electron chi connectivity index (χ4n) is 3.36. The third-order valence-corrected chi connectivity index (χ3v) is 4.63. The van der Waals surface area contributed by atoms with Gasteiger partial charge in [-0.2, -0.15) is 0 Å². The predicted molar refractivity (Wildman–Crippen MR) is 75.0 cm³/mol. The molecule has 2 saturated carbocycles. The highest BCUT2D eigenvalue weighted by Crippen LogP contribution is 2.25. The van der Waals surface area contributed by atoms with Crippen molar-refractivity contribution in [1.29, 1.82) is 0 Å². The second-order valence-corrected chi connectivity index (χ2v) is 6.17. The molecule has 2 aliphatic rings. The number of aliphatic hydroxyl groups is 1. The third kappa shape index (κ3) is 4.88. The highest BCUT2D eigenvalue weighted by atomic mass is 16.5. The molecule has 0 radical (unpaired) electrons. The molecule has 0 aliphatic heterocycles. The summed E-state index contributed by atoms with van der Waals surface area (Å²) in [6.45, 7) is 0.739. The molecule has 2 rings (SSSR count). The molecule has 3 heteroatoms. The molecule has 1 N–H and O–H groups in total. The van der Waals surface area contributed by atoms with Crippen molar-refractivity contribution in [2.24, 2.45) is 5.92 Å². The number of carbonyl (C=O) groups excluding carboxylic acids is 1. The van der Waals surface area contributed by atoms with Crippen molar-refractivity contribution >= 4 is 5.78 Å². The topological polar surface area (TPSA) is 46.5 Å².